The molecule has 3 rings (SSSR count). The molecule has 1 aliphatic heterocycles. The van der Waals surface area contributed by atoms with Gasteiger partial charge in [-0.15, -0.1) is 0 Å². The topological polar surface area (TPSA) is 30.9 Å². The Bertz CT molecular complexity index is 529. The van der Waals surface area contributed by atoms with Crippen LogP contribution in [0.1, 0.15) is 25.0 Å². The number of aromatic nitrogens is 1. The molecule has 1 aliphatic rings. The fraction of sp³-hybridized carbons (Fsp3) is 0.385. The Hall–Kier alpha value is -1.28. The zero-order valence-corrected chi connectivity index (χ0v) is 9.25. The van der Waals surface area contributed by atoms with Crippen LogP contribution in [0.25, 0.3) is 10.9 Å². The van der Waals surface area contributed by atoms with Gasteiger partial charge in [-0.1, -0.05) is 18.2 Å². The van der Waals surface area contributed by atoms with E-state index in [1.807, 2.05) is 0 Å². The van der Waals surface area contributed by atoms with E-state index in [2.05, 4.69) is 42.8 Å². The Balaban J connectivity index is 2.40. The third-order valence-corrected chi connectivity index (χ3v) is 3.30. The number of benzene rings is 1. The van der Waals surface area contributed by atoms with Crippen molar-refractivity contribution in [3.8, 4) is 0 Å². The molecule has 2 N–H and O–H groups in total. The quantitative estimate of drug-likeness (QED) is 0.753. The molecular formula is C13H16N2. The van der Waals surface area contributed by atoms with Crippen molar-refractivity contribution in [2.45, 2.75) is 32.4 Å². The molecule has 0 saturated carbocycles. The van der Waals surface area contributed by atoms with Crippen molar-refractivity contribution in [2.75, 3.05) is 0 Å². The van der Waals surface area contributed by atoms with Crippen LogP contribution in [0, 0.1) is 0 Å². The molecule has 0 radical (unpaired) electrons. The molecule has 2 aromatic rings. The van der Waals surface area contributed by atoms with Gasteiger partial charge in [-0.05, 0) is 31.4 Å². The maximum atomic E-state index is 6.20. The Morgan fingerprint density at radius 2 is 2.13 bits per heavy atom. The lowest BCUT2D eigenvalue weighted by Gasteiger charge is -2.18. The molecule has 0 aliphatic carbocycles. The van der Waals surface area contributed by atoms with Crippen LogP contribution in [-0.4, -0.2) is 4.57 Å². The highest BCUT2D eigenvalue weighted by Crippen LogP contribution is 2.34. The van der Waals surface area contributed by atoms with Gasteiger partial charge in [-0.25, -0.2) is 0 Å². The van der Waals surface area contributed by atoms with Gasteiger partial charge in [0.05, 0.1) is 5.52 Å². The Labute approximate surface area is 89.7 Å². The van der Waals surface area contributed by atoms with Crippen molar-refractivity contribution in [2.24, 2.45) is 5.73 Å². The second kappa shape index (κ2) is 2.64. The Morgan fingerprint density at radius 1 is 1.33 bits per heavy atom. The van der Waals surface area contributed by atoms with Gasteiger partial charge in [0.15, 0.2) is 0 Å². The van der Waals surface area contributed by atoms with E-state index in [1.165, 1.54) is 22.0 Å². The monoisotopic (exact) mass is 200 g/mol. The summed E-state index contributed by atoms with van der Waals surface area (Å²) in [5.74, 6) is 0. The number of hydrogen-bond acceptors (Lipinski definition) is 1. The van der Waals surface area contributed by atoms with Crippen LogP contribution >= 0.6 is 0 Å². The molecule has 0 unspecified atom stereocenters. The number of aryl methyl sites for hydroxylation is 2. The molecule has 2 nitrogen and oxygen atoms in total. The molecule has 0 amide bonds. The molecule has 78 valence electrons. The van der Waals surface area contributed by atoms with Crippen LogP contribution < -0.4 is 5.73 Å². The van der Waals surface area contributed by atoms with Crippen molar-refractivity contribution in [3.63, 3.8) is 0 Å². The van der Waals surface area contributed by atoms with Gasteiger partial charge in [0.25, 0.3) is 0 Å². The van der Waals surface area contributed by atoms with E-state index < -0.39 is 0 Å². The second-order valence-corrected chi connectivity index (χ2v) is 5.02. The summed E-state index contributed by atoms with van der Waals surface area (Å²) >= 11 is 0. The lowest BCUT2D eigenvalue weighted by atomic mass is 9.94. The average molecular weight is 200 g/mol. The molecule has 1 aromatic heterocycles. The van der Waals surface area contributed by atoms with Gasteiger partial charge in [0.2, 0.25) is 0 Å². The molecule has 2 heteroatoms. The van der Waals surface area contributed by atoms with Crippen LogP contribution in [-0.2, 0) is 18.5 Å². The first-order chi connectivity index (χ1) is 7.07. The summed E-state index contributed by atoms with van der Waals surface area (Å²) < 4.78 is 2.34. The molecular weight excluding hydrogens is 184 g/mol. The van der Waals surface area contributed by atoms with E-state index in [1.54, 1.807) is 0 Å². The zero-order valence-electron chi connectivity index (χ0n) is 9.25. The van der Waals surface area contributed by atoms with E-state index in [4.69, 9.17) is 5.73 Å². The molecule has 1 aromatic carbocycles. The van der Waals surface area contributed by atoms with E-state index >= 15 is 0 Å². The van der Waals surface area contributed by atoms with Gasteiger partial charge < -0.3 is 10.3 Å². The standard InChI is InChI=1S/C13H16N2/c1-13(2,14)11-8-15-7-6-9-4-3-5-10(11)12(9)15/h3-5,8H,6-7,14H2,1-2H3. The first-order valence-corrected chi connectivity index (χ1v) is 5.47. The number of nitrogens with two attached hydrogens (primary N) is 1. The van der Waals surface area contributed by atoms with Gasteiger partial charge in [-0.3, -0.25) is 0 Å². The van der Waals surface area contributed by atoms with Crippen molar-refractivity contribution in [3.05, 3.63) is 35.5 Å². The van der Waals surface area contributed by atoms with Gasteiger partial charge >= 0.3 is 0 Å². The molecule has 0 saturated heterocycles. The number of para-hydroxylation sites is 1. The third kappa shape index (κ3) is 1.15. The first kappa shape index (κ1) is 8.98. The van der Waals surface area contributed by atoms with Crippen molar-refractivity contribution in [1.82, 2.24) is 4.57 Å². The maximum Gasteiger partial charge on any atom is 0.0517 e. The second-order valence-electron chi connectivity index (χ2n) is 5.02. The number of hydrogen-bond donors (Lipinski definition) is 1. The lowest BCUT2D eigenvalue weighted by molar-refractivity contribution is 0.555. The van der Waals surface area contributed by atoms with Crippen molar-refractivity contribution < 1.29 is 0 Å². The molecule has 15 heavy (non-hydrogen) atoms. The van der Waals surface area contributed by atoms with Crippen LogP contribution in [0.4, 0.5) is 0 Å². The van der Waals surface area contributed by atoms with E-state index in [0.29, 0.717) is 0 Å². The van der Waals surface area contributed by atoms with Crippen LogP contribution in [0.3, 0.4) is 0 Å². The smallest absolute Gasteiger partial charge is 0.0517 e. The predicted molar refractivity (Wildman–Crippen MR) is 62.9 cm³/mol. The summed E-state index contributed by atoms with van der Waals surface area (Å²) in [6.07, 6.45) is 3.39. The molecule has 0 spiro atoms. The largest absolute Gasteiger partial charge is 0.347 e. The Morgan fingerprint density at radius 3 is 2.87 bits per heavy atom. The van der Waals surface area contributed by atoms with Crippen molar-refractivity contribution in [1.29, 1.82) is 0 Å². The van der Waals surface area contributed by atoms with E-state index in [-0.39, 0.29) is 5.54 Å². The highest BCUT2D eigenvalue weighted by molar-refractivity contribution is 5.88. The molecule has 0 atom stereocenters. The molecule has 0 bridgehead atoms. The minimum absolute atomic E-state index is 0.251. The van der Waals surface area contributed by atoms with Crippen LogP contribution in [0.2, 0.25) is 0 Å². The van der Waals surface area contributed by atoms with E-state index in [9.17, 15) is 0 Å². The first-order valence-electron chi connectivity index (χ1n) is 5.47. The summed E-state index contributed by atoms with van der Waals surface area (Å²) in [7, 11) is 0. The number of rotatable bonds is 1. The summed E-state index contributed by atoms with van der Waals surface area (Å²) in [5.41, 5.74) is 10.1. The minimum atomic E-state index is -0.251. The highest BCUT2D eigenvalue weighted by atomic mass is 15.0. The summed E-state index contributed by atoms with van der Waals surface area (Å²) in [6, 6.07) is 6.55. The van der Waals surface area contributed by atoms with Crippen LogP contribution in [0.5, 0.6) is 0 Å². The van der Waals surface area contributed by atoms with E-state index in [0.717, 1.165) is 13.0 Å². The highest BCUT2D eigenvalue weighted by Gasteiger charge is 2.23. The summed E-state index contributed by atoms with van der Waals surface area (Å²) in [6.45, 7) is 5.24. The van der Waals surface area contributed by atoms with Gasteiger partial charge in [0, 0.05) is 23.7 Å². The minimum Gasteiger partial charge on any atom is -0.347 e. The zero-order chi connectivity index (χ0) is 10.6. The van der Waals surface area contributed by atoms with Crippen molar-refractivity contribution >= 4 is 10.9 Å². The molecule has 2 heterocycles. The Kier molecular flexibility index (Phi) is 1.58. The fourth-order valence-corrected chi connectivity index (χ4v) is 2.57. The summed E-state index contributed by atoms with van der Waals surface area (Å²) in [5, 5.41) is 1.33. The van der Waals surface area contributed by atoms with Crippen LogP contribution in [0.15, 0.2) is 24.4 Å². The predicted octanol–water partition coefficient (Wildman–Crippen LogP) is 2.39. The number of nitrogens with zero attached hydrogens (tertiary/aromatic N) is 1. The normalized spacial score (nSPS) is 15.1. The van der Waals surface area contributed by atoms with Gasteiger partial charge in [-0.2, -0.15) is 0 Å². The summed E-state index contributed by atoms with van der Waals surface area (Å²) in [4.78, 5) is 0. The lowest BCUT2D eigenvalue weighted by Crippen LogP contribution is -2.28. The van der Waals surface area contributed by atoms with Gasteiger partial charge in [0.1, 0.15) is 0 Å². The maximum absolute atomic E-state index is 6.20. The molecule has 0 fully saturated rings. The fourth-order valence-electron chi connectivity index (χ4n) is 2.57. The average Bonchev–Trinajstić information content (AvgIpc) is 2.71. The third-order valence-electron chi connectivity index (χ3n) is 3.30. The SMILES string of the molecule is CC(C)(N)c1cn2c3c(cccc13)CC2.